The van der Waals surface area contributed by atoms with Crippen molar-refractivity contribution in [2.75, 3.05) is 11.4 Å². The molecule has 1 aromatic heterocycles. The average molecular weight is 399 g/mol. The second-order valence-corrected chi connectivity index (χ2v) is 6.81. The third-order valence-corrected chi connectivity index (χ3v) is 4.56. The minimum absolute atomic E-state index is 0.0864. The molecule has 25 heavy (non-hydrogen) atoms. The molecule has 4 rings (SSSR count). The zero-order chi connectivity index (χ0) is 17.4. The van der Waals surface area contributed by atoms with Crippen molar-refractivity contribution in [1.29, 1.82) is 0 Å². The van der Waals surface area contributed by atoms with E-state index >= 15 is 0 Å². The molecule has 0 saturated heterocycles. The second-order valence-electron chi connectivity index (χ2n) is 5.90. The zero-order valence-electron chi connectivity index (χ0n) is 13.5. The molecule has 0 saturated carbocycles. The fourth-order valence-electron chi connectivity index (χ4n) is 2.85. The van der Waals surface area contributed by atoms with Gasteiger partial charge < -0.3 is 9.26 Å². The quantitative estimate of drug-likeness (QED) is 0.635. The van der Waals surface area contributed by atoms with Gasteiger partial charge >= 0.3 is 0 Å². The van der Waals surface area contributed by atoms with Crippen LogP contribution in [0, 0.1) is 0 Å². The van der Waals surface area contributed by atoms with Crippen LogP contribution < -0.4 is 9.64 Å². The van der Waals surface area contributed by atoms with Gasteiger partial charge in [0.2, 0.25) is 0 Å². The summed E-state index contributed by atoms with van der Waals surface area (Å²) < 4.78 is 12.1. The first-order valence-corrected chi connectivity index (χ1v) is 8.71. The van der Waals surface area contributed by atoms with E-state index in [1.807, 2.05) is 55.5 Å². The third-order valence-electron chi connectivity index (χ3n) is 4.03. The van der Waals surface area contributed by atoms with Crippen molar-refractivity contribution in [3.8, 4) is 17.1 Å². The van der Waals surface area contributed by atoms with Crippen molar-refractivity contribution in [1.82, 2.24) is 5.16 Å². The van der Waals surface area contributed by atoms with E-state index in [9.17, 15) is 4.79 Å². The van der Waals surface area contributed by atoms with Crippen molar-refractivity contribution < 1.29 is 14.1 Å². The van der Waals surface area contributed by atoms with Gasteiger partial charge in [0.1, 0.15) is 11.9 Å². The lowest BCUT2D eigenvalue weighted by atomic mass is 10.1. The Kier molecular flexibility index (Phi) is 4.05. The van der Waals surface area contributed by atoms with Gasteiger partial charge in [-0.3, -0.25) is 9.69 Å². The monoisotopic (exact) mass is 398 g/mol. The fraction of sp³-hybridized carbons (Fsp3) is 0.158. The lowest BCUT2D eigenvalue weighted by molar-refractivity contribution is 0.0952. The number of aromatic nitrogens is 1. The molecule has 0 fully saturated rings. The summed E-state index contributed by atoms with van der Waals surface area (Å²) in [5, 5.41) is 3.97. The van der Waals surface area contributed by atoms with Gasteiger partial charge in [0.15, 0.2) is 11.5 Å². The van der Waals surface area contributed by atoms with E-state index in [1.54, 1.807) is 11.0 Å². The second kappa shape index (κ2) is 6.37. The van der Waals surface area contributed by atoms with Crippen LogP contribution in [0.3, 0.4) is 0 Å². The number of fused-ring (bicyclic) bond motifs is 1. The highest BCUT2D eigenvalue weighted by Crippen LogP contribution is 2.34. The van der Waals surface area contributed by atoms with Crippen LogP contribution in [0.4, 0.5) is 5.69 Å². The van der Waals surface area contributed by atoms with E-state index in [0.29, 0.717) is 18.1 Å². The van der Waals surface area contributed by atoms with Gasteiger partial charge in [-0.05, 0) is 31.2 Å². The molecule has 3 aromatic rings. The summed E-state index contributed by atoms with van der Waals surface area (Å²) in [6, 6.07) is 16.8. The van der Waals surface area contributed by atoms with Crippen LogP contribution >= 0.6 is 15.9 Å². The zero-order valence-corrected chi connectivity index (χ0v) is 15.1. The number of rotatable bonds is 2. The Morgan fingerprint density at radius 1 is 1.20 bits per heavy atom. The molecule has 5 nitrogen and oxygen atoms in total. The van der Waals surface area contributed by atoms with Gasteiger partial charge in [-0.25, -0.2) is 0 Å². The Morgan fingerprint density at radius 2 is 1.96 bits per heavy atom. The van der Waals surface area contributed by atoms with Crippen LogP contribution in [-0.2, 0) is 0 Å². The normalized spacial score (nSPS) is 16.2. The fourth-order valence-corrected chi connectivity index (χ4v) is 3.11. The summed E-state index contributed by atoms with van der Waals surface area (Å²) in [6.07, 6.45) is -0.0864. The van der Waals surface area contributed by atoms with Crippen LogP contribution in [0.5, 0.6) is 5.75 Å². The van der Waals surface area contributed by atoms with Gasteiger partial charge in [0.05, 0.1) is 12.2 Å². The molecular formula is C19H15BrN2O3. The Balaban J connectivity index is 1.65. The van der Waals surface area contributed by atoms with E-state index in [1.165, 1.54) is 0 Å². The maximum Gasteiger partial charge on any atom is 0.280 e. The Labute approximate surface area is 153 Å². The van der Waals surface area contributed by atoms with Gasteiger partial charge in [0.25, 0.3) is 5.91 Å². The van der Waals surface area contributed by atoms with E-state index in [0.717, 1.165) is 15.7 Å². The lowest BCUT2D eigenvalue weighted by Gasteiger charge is -2.32. The average Bonchev–Trinajstić information content (AvgIpc) is 3.11. The number of carbonyl (C=O) groups excluding carboxylic acids is 1. The number of anilines is 1. The summed E-state index contributed by atoms with van der Waals surface area (Å²) in [5.41, 5.74) is 1.89. The molecule has 2 aromatic carbocycles. The molecule has 2 heterocycles. The highest BCUT2D eigenvalue weighted by Gasteiger charge is 2.29. The number of nitrogens with zero attached hydrogens (tertiary/aromatic N) is 2. The SMILES string of the molecule is C[C@H]1CN(C(=O)c2cc(-c3ccc(Br)cc3)on2)c2ccccc2O1. The van der Waals surface area contributed by atoms with Crippen molar-refractivity contribution in [2.45, 2.75) is 13.0 Å². The van der Waals surface area contributed by atoms with Crippen LogP contribution in [-0.4, -0.2) is 23.7 Å². The molecule has 0 spiro atoms. The van der Waals surface area contributed by atoms with Crippen LogP contribution in [0.25, 0.3) is 11.3 Å². The van der Waals surface area contributed by atoms with E-state index < -0.39 is 0 Å². The number of halogens is 1. The van der Waals surface area contributed by atoms with Gasteiger partial charge in [0, 0.05) is 16.1 Å². The number of para-hydroxylation sites is 2. The minimum atomic E-state index is -0.199. The van der Waals surface area contributed by atoms with Gasteiger partial charge in [-0.15, -0.1) is 0 Å². The van der Waals surface area contributed by atoms with Crippen LogP contribution in [0.15, 0.2) is 63.6 Å². The predicted octanol–water partition coefficient (Wildman–Crippen LogP) is 4.53. The molecule has 1 amide bonds. The molecule has 1 aliphatic heterocycles. The molecular weight excluding hydrogens is 384 g/mol. The van der Waals surface area contributed by atoms with E-state index in [2.05, 4.69) is 21.1 Å². The van der Waals surface area contributed by atoms with Crippen molar-refractivity contribution >= 4 is 27.5 Å². The Bertz CT molecular complexity index is 920. The smallest absolute Gasteiger partial charge is 0.280 e. The highest BCUT2D eigenvalue weighted by atomic mass is 79.9. The topological polar surface area (TPSA) is 55.6 Å². The molecule has 0 aliphatic carbocycles. The van der Waals surface area contributed by atoms with Crippen LogP contribution in [0.2, 0.25) is 0 Å². The van der Waals surface area contributed by atoms with Crippen LogP contribution in [0.1, 0.15) is 17.4 Å². The maximum atomic E-state index is 12.9. The first-order chi connectivity index (χ1) is 12.1. The van der Waals surface area contributed by atoms with Crippen molar-refractivity contribution in [2.24, 2.45) is 0 Å². The first kappa shape index (κ1) is 15.9. The Morgan fingerprint density at radius 3 is 2.76 bits per heavy atom. The minimum Gasteiger partial charge on any atom is -0.487 e. The molecule has 6 heteroatoms. The van der Waals surface area contributed by atoms with E-state index in [4.69, 9.17) is 9.26 Å². The highest BCUT2D eigenvalue weighted by molar-refractivity contribution is 9.10. The largest absolute Gasteiger partial charge is 0.487 e. The third kappa shape index (κ3) is 3.05. The van der Waals surface area contributed by atoms with Crippen molar-refractivity contribution in [3.05, 3.63) is 64.8 Å². The lowest BCUT2D eigenvalue weighted by Crippen LogP contribution is -2.42. The molecule has 1 atom stereocenters. The van der Waals surface area contributed by atoms with Gasteiger partial charge in [-0.2, -0.15) is 0 Å². The number of hydrogen-bond acceptors (Lipinski definition) is 4. The number of benzene rings is 2. The maximum absolute atomic E-state index is 12.9. The Hall–Kier alpha value is -2.60. The number of carbonyl (C=O) groups is 1. The summed E-state index contributed by atoms with van der Waals surface area (Å²) in [4.78, 5) is 14.6. The first-order valence-electron chi connectivity index (χ1n) is 7.92. The number of hydrogen-bond donors (Lipinski definition) is 0. The summed E-state index contributed by atoms with van der Waals surface area (Å²) in [7, 11) is 0. The molecule has 0 unspecified atom stereocenters. The molecule has 0 radical (unpaired) electrons. The van der Waals surface area contributed by atoms with E-state index in [-0.39, 0.29) is 17.7 Å². The number of amides is 1. The van der Waals surface area contributed by atoms with Gasteiger partial charge in [-0.1, -0.05) is 45.4 Å². The molecule has 0 N–H and O–H groups in total. The standard InChI is InChI=1S/C19H15BrN2O3/c1-12-11-22(16-4-2-3-5-17(16)24-12)19(23)15-10-18(25-21-15)13-6-8-14(20)9-7-13/h2-10,12H,11H2,1H3/t12-/m0/s1. The summed E-state index contributed by atoms with van der Waals surface area (Å²) in [5.74, 6) is 1.06. The molecule has 126 valence electrons. The van der Waals surface area contributed by atoms with Crippen molar-refractivity contribution in [3.63, 3.8) is 0 Å². The summed E-state index contributed by atoms with van der Waals surface area (Å²) >= 11 is 3.40. The molecule has 1 aliphatic rings. The number of ether oxygens (including phenoxy) is 1. The summed E-state index contributed by atoms with van der Waals surface area (Å²) in [6.45, 7) is 2.41. The predicted molar refractivity (Wildman–Crippen MR) is 97.8 cm³/mol. The molecule has 0 bridgehead atoms.